The molecule has 0 saturated carbocycles. The molecule has 0 aromatic rings. The first kappa shape index (κ1) is 14.0. The molecule has 2 atom stereocenters. The van der Waals surface area contributed by atoms with E-state index in [4.69, 9.17) is 6.57 Å². The van der Waals surface area contributed by atoms with Crippen molar-refractivity contribution in [3.05, 3.63) is 11.4 Å². The third-order valence-corrected chi connectivity index (χ3v) is 2.31. The number of amides is 1. The number of carbonyl (C=O) groups excluding carboxylic acids is 1. The van der Waals surface area contributed by atoms with E-state index in [0.717, 1.165) is 12.8 Å². The van der Waals surface area contributed by atoms with Crippen LogP contribution in [0.3, 0.4) is 0 Å². The molecule has 0 radical (unpaired) electrons. The minimum atomic E-state index is -0.586. The van der Waals surface area contributed by atoms with Crippen LogP contribution in [0.4, 0.5) is 0 Å². The highest BCUT2D eigenvalue weighted by Gasteiger charge is 2.37. The average molecular weight is 210 g/mol. The number of hydrogen-bond acceptors (Lipinski definition) is 1. The van der Waals surface area contributed by atoms with Crippen molar-refractivity contribution >= 4 is 5.91 Å². The Hall–Kier alpha value is -1.04. The highest BCUT2D eigenvalue weighted by Crippen LogP contribution is 2.22. The SMILES string of the molecule is [C-]#[N+]C(C(=O)NC(C)CCC)C(C)(C)C. The Bertz CT molecular complexity index is 247. The van der Waals surface area contributed by atoms with Gasteiger partial charge >= 0.3 is 11.9 Å². The van der Waals surface area contributed by atoms with Gasteiger partial charge in [0.05, 0.1) is 0 Å². The molecule has 86 valence electrons. The van der Waals surface area contributed by atoms with Crippen LogP contribution in [0.2, 0.25) is 0 Å². The number of rotatable bonds is 4. The molecule has 2 unspecified atom stereocenters. The highest BCUT2D eigenvalue weighted by atomic mass is 16.2. The van der Waals surface area contributed by atoms with Gasteiger partial charge in [-0.3, -0.25) is 4.79 Å². The first-order chi connectivity index (χ1) is 6.82. The zero-order valence-corrected chi connectivity index (χ0v) is 10.4. The molecule has 1 amide bonds. The lowest BCUT2D eigenvalue weighted by molar-refractivity contribution is -0.124. The Balaban J connectivity index is 4.37. The van der Waals surface area contributed by atoms with Crippen LogP contribution < -0.4 is 5.32 Å². The largest absolute Gasteiger partial charge is 0.347 e. The van der Waals surface area contributed by atoms with Crippen LogP contribution in [0.25, 0.3) is 4.85 Å². The minimum absolute atomic E-state index is 0.140. The summed E-state index contributed by atoms with van der Waals surface area (Å²) in [5.74, 6) is -0.140. The fourth-order valence-corrected chi connectivity index (χ4v) is 1.47. The summed E-state index contributed by atoms with van der Waals surface area (Å²) in [6.45, 7) is 16.9. The van der Waals surface area contributed by atoms with Gasteiger partial charge in [-0.15, -0.1) is 0 Å². The van der Waals surface area contributed by atoms with E-state index >= 15 is 0 Å². The predicted octanol–water partition coefficient (Wildman–Crippen LogP) is 2.63. The Morgan fingerprint density at radius 2 is 2.00 bits per heavy atom. The molecule has 15 heavy (non-hydrogen) atoms. The second-order valence-corrected chi connectivity index (χ2v) is 5.10. The van der Waals surface area contributed by atoms with Gasteiger partial charge in [-0.25, -0.2) is 6.57 Å². The van der Waals surface area contributed by atoms with Gasteiger partial charge in [-0.2, -0.15) is 0 Å². The molecule has 0 spiro atoms. The van der Waals surface area contributed by atoms with Gasteiger partial charge in [-0.1, -0.05) is 34.1 Å². The topological polar surface area (TPSA) is 33.5 Å². The molecule has 0 fully saturated rings. The van der Waals surface area contributed by atoms with Gasteiger partial charge in [0, 0.05) is 11.5 Å². The van der Waals surface area contributed by atoms with E-state index in [1.165, 1.54) is 0 Å². The standard InChI is InChI=1S/C12H22N2O/c1-7-8-9(2)14-11(15)10(13-6)12(3,4)5/h9-10H,7-8H2,1-5H3,(H,14,15). The Labute approximate surface area is 93.1 Å². The van der Waals surface area contributed by atoms with Crippen LogP contribution in [0.1, 0.15) is 47.5 Å². The second kappa shape index (κ2) is 5.75. The molecule has 0 saturated heterocycles. The molecule has 0 aliphatic heterocycles. The first-order valence-corrected chi connectivity index (χ1v) is 5.49. The summed E-state index contributed by atoms with van der Waals surface area (Å²) in [4.78, 5) is 15.2. The second-order valence-electron chi connectivity index (χ2n) is 5.10. The zero-order valence-electron chi connectivity index (χ0n) is 10.4. The lowest BCUT2D eigenvalue weighted by Gasteiger charge is -2.21. The van der Waals surface area contributed by atoms with Crippen molar-refractivity contribution in [1.82, 2.24) is 5.32 Å². The Morgan fingerprint density at radius 1 is 1.47 bits per heavy atom. The lowest BCUT2D eigenvalue weighted by Crippen LogP contribution is -2.44. The third kappa shape index (κ3) is 4.83. The van der Waals surface area contributed by atoms with Crippen LogP contribution in [0.5, 0.6) is 0 Å². The zero-order chi connectivity index (χ0) is 12.1. The van der Waals surface area contributed by atoms with E-state index in [9.17, 15) is 4.79 Å². The summed E-state index contributed by atoms with van der Waals surface area (Å²) in [7, 11) is 0. The molecule has 1 N–H and O–H groups in total. The van der Waals surface area contributed by atoms with Crippen molar-refractivity contribution in [3.8, 4) is 0 Å². The number of nitrogens with zero attached hydrogens (tertiary/aromatic N) is 1. The summed E-state index contributed by atoms with van der Waals surface area (Å²) in [5, 5.41) is 2.89. The van der Waals surface area contributed by atoms with Gasteiger partial charge in [-0.05, 0) is 13.3 Å². The molecule has 0 aliphatic rings. The maximum Gasteiger partial charge on any atom is 0.304 e. The van der Waals surface area contributed by atoms with Crippen molar-refractivity contribution in [2.45, 2.75) is 59.5 Å². The monoisotopic (exact) mass is 210 g/mol. The van der Waals surface area contributed by atoms with Crippen molar-refractivity contribution < 1.29 is 4.79 Å². The smallest absolute Gasteiger partial charge is 0.304 e. The number of hydrogen-bond donors (Lipinski definition) is 1. The summed E-state index contributed by atoms with van der Waals surface area (Å²) in [6, 6.07) is -0.425. The predicted molar refractivity (Wildman–Crippen MR) is 62.4 cm³/mol. The summed E-state index contributed by atoms with van der Waals surface area (Å²) >= 11 is 0. The van der Waals surface area contributed by atoms with Crippen LogP contribution in [0.15, 0.2) is 0 Å². The molecule has 0 aromatic carbocycles. The quantitative estimate of drug-likeness (QED) is 0.711. The van der Waals surface area contributed by atoms with Gasteiger partial charge in [0.15, 0.2) is 0 Å². The molecular formula is C12H22N2O. The van der Waals surface area contributed by atoms with E-state index in [2.05, 4.69) is 17.1 Å². The Kier molecular flexibility index (Phi) is 5.35. The average Bonchev–Trinajstić information content (AvgIpc) is 2.02. The molecular weight excluding hydrogens is 188 g/mol. The van der Waals surface area contributed by atoms with Crippen LogP contribution in [-0.2, 0) is 4.79 Å². The number of nitrogens with one attached hydrogen (secondary N) is 1. The van der Waals surface area contributed by atoms with Crippen LogP contribution in [0, 0.1) is 12.0 Å². The van der Waals surface area contributed by atoms with E-state index in [1.807, 2.05) is 27.7 Å². The lowest BCUT2D eigenvalue weighted by atomic mass is 9.86. The third-order valence-electron chi connectivity index (χ3n) is 2.31. The summed E-state index contributed by atoms with van der Waals surface area (Å²) in [5.41, 5.74) is -0.294. The minimum Gasteiger partial charge on any atom is -0.347 e. The fraction of sp³-hybridized carbons (Fsp3) is 0.833. The normalized spacial score (nSPS) is 15.2. The maximum atomic E-state index is 11.8. The van der Waals surface area contributed by atoms with E-state index < -0.39 is 6.04 Å². The van der Waals surface area contributed by atoms with Crippen molar-refractivity contribution in [3.63, 3.8) is 0 Å². The van der Waals surface area contributed by atoms with E-state index in [-0.39, 0.29) is 17.4 Å². The summed E-state index contributed by atoms with van der Waals surface area (Å²) < 4.78 is 0. The van der Waals surface area contributed by atoms with Gasteiger partial charge in [0.25, 0.3) is 0 Å². The molecule has 0 aliphatic carbocycles. The molecule has 0 aromatic heterocycles. The van der Waals surface area contributed by atoms with Crippen molar-refractivity contribution in [1.29, 1.82) is 0 Å². The molecule has 0 bridgehead atoms. The molecule has 0 heterocycles. The number of carbonyl (C=O) groups is 1. The maximum absolute atomic E-state index is 11.8. The molecule has 0 rings (SSSR count). The van der Waals surface area contributed by atoms with Gasteiger partial charge < -0.3 is 10.2 Å². The van der Waals surface area contributed by atoms with E-state index in [1.54, 1.807) is 0 Å². The highest BCUT2D eigenvalue weighted by molar-refractivity contribution is 5.84. The fourth-order valence-electron chi connectivity index (χ4n) is 1.47. The summed E-state index contributed by atoms with van der Waals surface area (Å²) in [6.07, 6.45) is 2.00. The Morgan fingerprint density at radius 3 is 2.33 bits per heavy atom. The van der Waals surface area contributed by atoms with Crippen molar-refractivity contribution in [2.24, 2.45) is 5.41 Å². The van der Waals surface area contributed by atoms with Gasteiger partial charge in [0.1, 0.15) is 0 Å². The molecule has 3 heteroatoms. The first-order valence-electron chi connectivity index (χ1n) is 5.49. The van der Waals surface area contributed by atoms with Crippen LogP contribution >= 0.6 is 0 Å². The van der Waals surface area contributed by atoms with E-state index in [0.29, 0.717) is 0 Å². The molecule has 3 nitrogen and oxygen atoms in total. The van der Waals surface area contributed by atoms with Crippen molar-refractivity contribution in [2.75, 3.05) is 0 Å². The van der Waals surface area contributed by atoms with Crippen LogP contribution in [-0.4, -0.2) is 18.0 Å². The van der Waals surface area contributed by atoms with Gasteiger partial charge in [0.2, 0.25) is 0 Å².